The molecule has 0 aliphatic carbocycles. The average Bonchev–Trinajstić information content (AvgIpc) is 2.73. The minimum atomic E-state index is -3.94. The summed E-state index contributed by atoms with van der Waals surface area (Å²) in [5.41, 5.74) is 0.478. The molecule has 0 bridgehead atoms. The molecular formula is C22H34N4O5S. The van der Waals surface area contributed by atoms with Gasteiger partial charge in [0.05, 0.1) is 16.9 Å². The second kappa shape index (κ2) is 11.4. The van der Waals surface area contributed by atoms with Crippen molar-refractivity contribution >= 4 is 33.4 Å². The van der Waals surface area contributed by atoms with Crippen molar-refractivity contribution in [3.8, 4) is 0 Å². The van der Waals surface area contributed by atoms with Crippen LogP contribution in [0, 0.1) is 5.92 Å². The van der Waals surface area contributed by atoms with Crippen molar-refractivity contribution in [3.63, 3.8) is 0 Å². The van der Waals surface area contributed by atoms with Crippen LogP contribution < -0.4 is 15.4 Å². The van der Waals surface area contributed by atoms with E-state index in [1.165, 1.54) is 38.1 Å². The Labute approximate surface area is 190 Å². The first kappa shape index (κ1) is 25.8. The van der Waals surface area contributed by atoms with Crippen LogP contribution in [0.5, 0.6) is 0 Å². The standard InChI is InChI=1S/C22H34N4O5S/c1-5-6-13-23-21(28)18-8-7-15(2)26(14-18)22(29)16(3)25-32(30,31)20-11-9-19(10-12-20)24-17(4)27/h9-12,15-16,18,25H,5-8,13-14H2,1-4H3,(H,23,28)(H,24,27)/t15?,16-,18?/m0/s1. The number of hydrogen-bond donors (Lipinski definition) is 3. The van der Waals surface area contributed by atoms with E-state index in [0.717, 1.165) is 12.8 Å². The van der Waals surface area contributed by atoms with Crippen molar-refractivity contribution in [1.29, 1.82) is 0 Å². The van der Waals surface area contributed by atoms with Crippen LogP contribution in [0.4, 0.5) is 5.69 Å². The zero-order valence-electron chi connectivity index (χ0n) is 19.2. The number of carbonyl (C=O) groups excluding carboxylic acids is 3. The van der Waals surface area contributed by atoms with Crippen LogP contribution in [0.1, 0.15) is 53.4 Å². The van der Waals surface area contributed by atoms with Gasteiger partial charge >= 0.3 is 0 Å². The predicted octanol–water partition coefficient (Wildman–Crippen LogP) is 1.86. The third-order valence-electron chi connectivity index (χ3n) is 5.55. The van der Waals surface area contributed by atoms with E-state index in [1.54, 1.807) is 4.90 Å². The molecule has 10 heteroatoms. The van der Waals surface area contributed by atoms with Gasteiger partial charge in [0.25, 0.3) is 0 Å². The molecule has 1 heterocycles. The molecule has 0 radical (unpaired) electrons. The van der Waals surface area contributed by atoms with Gasteiger partial charge < -0.3 is 15.5 Å². The molecule has 0 saturated carbocycles. The largest absolute Gasteiger partial charge is 0.356 e. The van der Waals surface area contributed by atoms with E-state index in [1.807, 2.05) is 6.92 Å². The summed E-state index contributed by atoms with van der Waals surface area (Å²) in [7, 11) is -3.94. The van der Waals surface area contributed by atoms with Crippen LogP contribution in [0.2, 0.25) is 0 Å². The van der Waals surface area contributed by atoms with Crippen molar-refractivity contribution in [2.24, 2.45) is 5.92 Å². The lowest BCUT2D eigenvalue weighted by Crippen LogP contribution is -2.55. The fourth-order valence-corrected chi connectivity index (χ4v) is 4.88. The zero-order chi connectivity index (χ0) is 23.9. The van der Waals surface area contributed by atoms with E-state index in [9.17, 15) is 22.8 Å². The molecule has 0 aromatic heterocycles. The van der Waals surface area contributed by atoms with E-state index < -0.39 is 16.1 Å². The maximum Gasteiger partial charge on any atom is 0.241 e. The van der Waals surface area contributed by atoms with Gasteiger partial charge in [-0.05, 0) is 57.4 Å². The fraction of sp³-hybridized carbons (Fsp3) is 0.591. The van der Waals surface area contributed by atoms with Gasteiger partial charge in [0.15, 0.2) is 0 Å². The number of likely N-dealkylation sites (tertiary alicyclic amines) is 1. The zero-order valence-corrected chi connectivity index (χ0v) is 20.0. The molecule has 3 N–H and O–H groups in total. The molecule has 178 valence electrons. The van der Waals surface area contributed by atoms with E-state index in [2.05, 4.69) is 22.3 Å². The fourth-order valence-electron chi connectivity index (χ4n) is 3.68. The van der Waals surface area contributed by atoms with Crippen LogP contribution >= 0.6 is 0 Å². The summed E-state index contributed by atoms with van der Waals surface area (Å²) in [6, 6.07) is 4.63. The van der Waals surface area contributed by atoms with Crippen molar-refractivity contribution < 1.29 is 22.8 Å². The molecule has 0 spiro atoms. The van der Waals surface area contributed by atoms with Crippen LogP contribution in [-0.2, 0) is 24.4 Å². The highest BCUT2D eigenvalue weighted by Crippen LogP contribution is 2.23. The first-order valence-corrected chi connectivity index (χ1v) is 12.5. The van der Waals surface area contributed by atoms with Gasteiger partial charge in [-0.15, -0.1) is 0 Å². The number of nitrogens with one attached hydrogen (secondary N) is 3. The predicted molar refractivity (Wildman–Crippen MR) is 122 cm³/mol. The summed E-state index contributed by atoms with van der Waals surface area (Å²) >= 11 is 0. The topological polar surface area (TPSA) is 125 Å². The molecule has 1 saturated heterocycles. The van der Waals surface area contributed by atoms with Gasteiger partial charge in [-0.25, -0.2) is 8.42 Å². The lowest BCUT2D eigenvalue weighted by atomic mass is 9.92. The number of sulfonamides is 1. The smallest absolute Gasteiger partial charge is 0.241 e. The minimum absolute atomic E-state index is 0.00822. The van der Waals surface area contributed by atoms with Crippen LogP contribution in [0.3, 0.4) is 0 Å². The molecule has 1 aliphatic rings. The number of carbonyl (C=O) groups is 3. The summed E-state index contributed by atoms with van der Waals surface area (Å²) in [5, 5.41) is 5.49. The third-order valence-corrected chi connectivity index (χ3v) is 7.11. The molecule has 32 heavy (non-hydrogen) atoms. The molecule has 2 rings (SSSR count). The summed E-state index contributed by atoms with van der Waals surface area (Å²) < 4.78 is 27.9. The second-order valence-corrected chi connectivity index (χ2v) is 10.0. The van der Waals surface area contributed by atoms with Crippen molar-refractivity contribution in [1.82, 2.24) is 14.9 Å². The number of unbranched alkanes of at least 4 members (excludes halogenated alkanes) is 1. The molecule has 1 fully saturated rings. The lowest BCUT2D eigenvalue weighted by Gasteiger charge is -2.38. The van der Waals surface area contributed by atoms with E-state index in [-0.39, 0.29) is 41.1 Å². The van der Waals surface area contributed by atoms with E-state index in [4.69, 9.17) is 0 Å². The highest BCUT2D eigenvalue weighted by molar-refractivity contribution is 7.89. The minimum Gasteiger partial charge on any atom is -0.356 e. The Balaban J connectivity index is 2.03. The van der Waals surface area contributed by atoms with E-state index in [0.29, 0.717) is 25.1 Å². The van der Waals surface area contributed by atoms with Crippen LogP contribution in [0.15, 0.2) is 29.2 Å². The van der Waals surface area contributed by atoms with Gasteiger partial charge in [0.2, 0.25) is 27.7 Å². The maximum absolute atomic E-state index is 13.0. The average molecular weight is 467 g/mol. The number of benzene rings is 1. The van der Waals surface area contributed by atoms with Crippen LogP contribution in [-0.4, -0.2) is 56.2 Å². The Morgan fingerprint density at radius 2 is 1.81 bits per heavy atom. The maximum atomic E-state index is 13.0. The molecule has 3 amide bonds. The van der Waals surface area contributed by atoms with Gasteiger partial charge in [-0.1, -0.05) is 13.3 Å². The molecule has 3 atom stereocenters. The normalized spacial score (nSPS) is 19.8. The highest BCUT2D eigenvalue weighted by atomic mass is 32.2. The van der Waals surface area contributed by atoms with Gasteiger partial charge in [-0.2, -0.15) is 4.72 Å². The highest BCUT2D eigenvalue weighted by Gasteiger charge is 2.35. The summed E-state index contributed by atoms with van der Waals surface area (Å²) in [5.74, 6) is -0.972. The lowest BCUT2D eigenvalue weighted by molar-refractivity contribution is -0.139. The Hall–Kier alpha value is -2.46. The first-order chi connectivity index (χ1) is 15.0. The van der Waals surface area contributed by atoms with Crippen molar-refractivity contribution in [3.05, 3.63) is 24.3 Å². The van der Waals surface area contributed by atoms with Gasteiger partial charge in [0.1, 0.15) is 0 Å². The van der Waals surface area contributed by atoms with Crippen LogP contribution in [0.25, 0.3) is 0 Å². The first-order valence-electron chi connectivity index (χ1n) is 11.0. The number of amides is 3. The molecule has 1 aliphatic heterocycles. The Morgan fingerprint density at radius 1 is 1.16 bits per heavy atom. The molecule has 1 aromatic rings. The number of anilines is 1. The van der Waals surface area contributed by atoms with Crippen molar-refractivity contribution in [2.75, 3.05) is 18.4 Å². The SMILES string of the molecule is CCCCNC(=O)C1CCC(C)N(C(=O)[C@H](C)NS(=O)(=O)c2ccc(NC(C)=O)cc2)C1. The third kappa shape index (κ3) is 7.03. The Kier molecular flexibility index (Phi) is 9.21. The summed E-state index contributed by atoms with van der Waals surface area (Å²) in [6.45, 7) is 7.71. The number of piperidine rings is 1. The Morgan fingerprint density at radius 3 is 2.41 bits per heavy atom. The quantitative estimate of drug-likeness (QED) is 0.479. The monoisotopic (exact) mass is 466 g/mol. The second-order valence-electron chi connectivity index (χ2n) is 8.31. The number of hydrogen-bond acceptors (Lipinski definition) is 5. The molecule has 9 nitrogen and oxygen atoms in total. The van der Waals surface area contributed by atoms with Crippen molar-refractivity contribution in [2.45, 2.75) is 70.4 Å². The summed E-state index contributed by atoms with van der Waals surface area (Å²) in [6.07, 6.45) is 3.27. The van der Waals surface area contributed by atoms with Gasteiger partial charge in [-0.3, -0.25) is 14.4 Å². The molecule has 2 unspecified atom stereocenters. The molecule has 1 aromatic carbocycles. The number of nitrogens with zero attached hydrogens (tertiary/aromatic N) is 1. The molecular weight excluding hydrogens is 432 g/mol. The summed E-state index contributed by atoms with van der Waals surface area (Å²) in [4.78, 5) is 38.2. The van der Waals surface area contributed by atoms with E-state index >= 15 is 0 Å². The Bertz CT molecular complexity index is 917. The van der Waals surface area contributed by atoms with Gasteiger partial charge in [0, 0.05) is 31.7 Å². The number of rotatable bonds is 9.